The Morgan fingerprint density at radius 2 is 2.54 bits per heavy atom. The molecule has 2 heterocycles. The second-order valence-corrected chi connectivity index (χ2v) is 3.42. The Morgan fingerprint density at radius 1 is 1.62 bits per heavy atom. The lowest BCUT2D eigenvalue weighted by molar-refractivity contribution is 0.195. The summed E-state index contributed by atoms with van der Waals surface area (Å²) in [5, 5.41) is 17.2. The van der Waals surface area contributed by atoms with Gasteiger partial charge in [0.1, 0.15) is 0 Å². The Labute approximate surface area is 76.7 Å². The molecule has 6 heteroatoms. The first-order valence-corrected chi connectivity index (χ1v) is 4.52. The summed E-state index contributed by atoms with van der Waals surface area (Å²) < 4.78 is 0. The number of tetrazole rings is 1. The van der Waals surface area contributed by atoms with Crippen molar-refractivity contribution >= 4 is 0 Å². The van der Waals surface area contributed by atoms with Crippen molar-refractivity contribution in [2.75, 3.05) is 19.6 Å². The molecule has 2 N–H and O–H groups in total. The van der Waals surface area contributed by atoms with Crippen LogP contribution in [0.3, 0.4) is 0 Å². The zero-order valence-electron chi connectivity index (χ0n) is 7.69. The summed E-state index contributed by atoms with van der Waals surface area (Å²) >= 11 is 0. The number of piperazine rings is 1. The molecule has 0 unspecified atom stereocenters. The van der Waals surface area contributed by atoms with E-state index in [0.717, 1.165) is 32.0 Å². The van der Waals surface area contributed by atoms with Crippen LogP contribution in [0.25, 0.3) is 0 Å². The van der Waals surface area contributed by atoms with Crippen LogP contribution in [0.5, 0.6) is 0 Å². The van der Waals surface area contributed by atoms with E-state index in [9.17, 15) is 0 Å². The zero-order chi connectivity index (χ0) is 9.10. The van der Waals surface area contributed by atoms with Crippen molar-refractivity contribution in [3.8, 4) is 0 Å². The first kappa shape index (κ1) is 8.58. The molecule has 1 aromatic rings. The van der Waals surface area contributed by atoms with Crippen LogP contribution in [0, 0.1) is 0 Å². The summed E-state index contributed by atoms with van der Waals surface area (Å²) in [4.78, 5) is 2.33. The number of aromatic amines is 1. The van der Waals surface area contributed by atoms with Crippen LogP contribution in [0.15, 0.2) is 0 Å². The van der Waals surface area contributed by atoms with Crippen molar-refractivity contribution in [2.24, 2.45) is 0 Å². The average molecular weight is 182 g/mol. The van der Waals surface area contributed by atoms with Crippen LogP contribution in [0.2, 0.25) is 0 Å². The highest BCUT2D eigenvalue weighted by Gasteiger charge is 2.16. The van der Waals surface area contributed by atoms with Crippen LogP contribution >= 0.6 is 0 Å². The Morgan fingerprint density at radius 3 is 3.23 bits per heavy atom. The highest BCUT2D eigenvalue weighted by Crippen LogP contribution is 2.01. The average Bonchev–Trinajstić information content (AvgIpc) is 2.57. The summed E-state index contributed by atoms with van der Waals surface area (Å²) in [7, 11) is 0. The number of hydrogen-bond acceptors (Lipinski definition) is 5. The molecule has 2 rings (SSSR count). The fourth-order valence-corrected chi connectivity index (χ4v) is 1.61. The van der Waals surface area contributed by atoms with Crippen LogP contribution in [0.1, 0.15) is 12.7 Å². The van der Waals surface area contributed by atoms with Gasteiger partial charge in [0, 0.05) is 25.7 Å². The molecular weight excluding hydrogens is 168 g/mol. The van der Waals surface area contributed by atoms with Gasteiger partial charge in [0.25, 0.3) is 0 Å². The van der Waals surface area contributed by atoms with Gasteiger partial charge in [-0.15, -0.1) is 10.2 Å². The standard InChI is InChI=1S/C7H14N6/c1-6-4-13(3-2-8-6)5-7-9-11-12-10-7/h6,8H,2-5H2,1H3,(H,9,10,11,12)/t6-/m1/s1. The normalized spacial score (nSPS) is 24.8. The van der Waals surface area contributed by atoms with E-state index in [2.05, 4.69) is 37.8 Å². The first-order chi connectivity index (χ1) is 6.34. The minimum absolute atomic E-state index is 0.556. The molecule has 6 nitrogen and oxygen atoms in total. The van der Waals surface area contributed by atoms with Crippen LogP contribution in [-0.2, 0) is 6.54 Å². The number of nitrogens with one attached hydrogen (secondary N) is 2. The molecular formula is C7H14N6. The van der Waals surface area contributed by atoms with Crippen LogP contribution in [0.4, 0.5) is 0 Å². The number of hydrogen-bond donors (Lipinski definition) is 2. The van der Waals surface area contributed by atoms with E-state index in [1.165, 1.54) is 0 Å². The van der Waals surface area contributed by atoms with E-state index in [1.54, 1.807) is 0 Å². The number of rotatable bonds is 2. The molecule has 0 amide bonds. The van der Waals surface area contributed by atoms with Crippen molar-refractivity contribution in [2.45, 2.75) is 19.5 Å². The van der Waals surface area contributed by atoms with Gasteiger partial charge < -0.3 is 5.32 Å². The van der Waals surface area contributed by atoms with Gasteiger partial charge in [-0.1, -0.05) is 5.21 Å². The number of nitrogens with zero attached hydrogens (tertiary/aromatic N) is 4. The van der Waals surface area contributed by atoms with Crippen LogP contribution in [-0.4, -0.2) is 51.2 Å². The molecule has 1 atom stereocenters. The lowest BCUT2D eigenvalue weighted by Gasteiger charge is -2.30. The highest BCUT2D eigenvalue weighted by molar-refractivity contribution is 4.81. The van der Waals surface area contributed by atoms with Gasteiger partial charge in [-0.2, -0.15) is 5.21 Å². The molecule has 1 fully saturated rings. The van der Waals surface area contributed by atoms with Crippen LogP contribution < -0.4 is 5.32 Å². The van der Waals surface area contributed by atoms with Crippen molar-refractivity contribution in [1.82, 2.24) is 30.8 Å². The maximum Gasteiger partial charge on any atom is 0.188 e. The maximum atomic E-state index is 3.93. The van der Waals surface area contributed by atoms with Gasteiger partial charge in [0.2, 0.25) is 0 Å². The Bertz CT molecular complexity index is 245. The maximum absolute atomic E-state index is 3.93. The van der Waals surface area contributed by atoms with Gasteiger partial charge in [-0.05, 0) is 6.92 Å². The molecule has 1 aliphatic heterocycles. The van der Waals surface area contributed by atoms with Gasteiger partial charge in [0.15, 0.2) is 5.82 Å². The Kier molecular flexibility index (Phi) is 2.51. The van der Waals surface area contributed by atoms with Crippen molar-refractivity contribution in [1.29, 1.82) is 0 Å². The predicted molar refractivity (Wildman–Crippen MR) is 46.9 cm³/mol. The van der Waals surface area contributed by atoms with E-state index in [-0.39, 0.29) is 0 Å². The largest absolute Gasteiger partial charge is 0.312 e. The fourth-order valence-electron chi connectivity index (χ4n) is 1.61. The van der Waals surface area contributed by atoms with Gasteiger partial charge in [-0.25, -0.2) is 0 Å². The van der Waals surface area contributed by atoms with Crippen molar-refractivity contribution in [3.05, 3.63) is 5.82 Å². The molecule has 0 bridgehead atoms. The summed E-state index contributed by atoms with van der Waals surface area (Å²) in [5.74, 6) is 0.772. The summed E-state index contributed by atoms with van der Waals surface area (Å²) in [6.07, 6.45) is 0. The molecule has 1 aromatic heterocycles. The molecule has 1 saturated heterocycles. The zero-order valence-corrected chi connectivity index (χ0v) is 7.69. The first-order valence-electron chi connectivity index (χ1n) is 4.52. The van der Waals surface area contributed by atoms with E-state index in [4.69, 9.17) is 0 Å². The predicted octanol–water partition coefficient (Wildman–Crippen LogP) is -1.01. The fraction of sp³-hybridized carbons (Fsp3) is 0.857. The Balaban J connectivity index is 1.87. The SMILES string of the molecule is C[C@@H]1CN(Cc2nn[nH]n2)CCN1. The molecule has 0 radical (unpaired) electrons. The topological polar surface area (TPSA) is 69.7 Å². The third-order valence-corrected chi connectivity index (χ3v) is 2.21. The smallest absolute Gasteiger partial charge is 0.188 e. The lowest BCUT2D eigenvalue weighted by Crippen LogP contribution is -2.48. The van der Waals surface area contributed by atoms with Gasteiger partial charge >= 0.3 is 0 Å². The third kappa shape index (κ3) is 2.22. The molecule has 0 aliphatic carbocycles. The molecule has 13 heavy (non-hydrogen) atoms. The number of H-pyrrole nitrogens is 1. The van der Waals surface area contributed by atoms with Crippen molar-refractivity contribution in [3.63, 3.8) is 0 Å². The van der Waals surface area contributed by atoms with Gasteiger partial charge in [-0.3, -0.25) is 4.90 Å². The van der Waals surface area contributed by atoms with E-state index >= 15 is 0 Å². The molecule has 0 aromatic carbocycles. The summed E-state index contributed by atoms with van der Waals surface area (Å²) in [5.41, 5.74) is 0. The van der Waals surface area contributed by atoms with Gasteiger partial charge in [0.05, 0.1) is 6.54 Å². The summed E-state index contributed by atoms with van der Waals surface area (Å²) in [6, 6.07) is 0.556. The third-order valence-electron chi connectivity index (χ3n) is 2.21. The minimum Gasteiger partial charge on any atom is -0.312 e. The second kappa shape index (κ2) is 3.80. The second-order valence-electron chi connectivity index (χ2n) is 3.42. The molecule has 1 aliphatic rings. The molecule has 0 saturated carbocycles. The van der Waals surface area contributed by atoms with E-state index in [0.29, 0.717) is 6.04 Å². The molecule has 0 spiro atoms. The lowest BCUT2D eigenvalue weighted by atomic mass is 10.2. The number of aromatic nitrogens is 4. The molecule has 72 valence electrons. The minimum atomic E-state index is 0.556. The summed E-state index contributed by atoms with van der Waals surface area (Å²) in [6.45, 7) is 6.12. The monoisotopic (exact) mass is 182 g/mol. The Hall–Kier alpha value is -1.01. The highest BCUT2D eigenvalue weighted by atomic mass is 15.5. The van der Waals surface area contributed by atoms with E-state index in [1.807, 2.05) is 0 Å². The quantitative estimate of drug-likeness (QED) is 0.613. The van der Waals surface area contributed by atoms with E-state index < -0.39 is 0 Å². The van der Waals surface area contributed by atoms with Crippen molar-refractivity contribution < 1.29 is 0 Å².